The lowest BCUT2D eigenvalue weighted by atomic mass is 10.0. The average Bonchev–Trinajstić information content (AvgIpc) is 2.73. The minimum atomic E-state index is -4.46. The first-order chi connectivity index (χ1) is 8.80. The van der Waals surface area contributed by atoms with E-state index in [1.165, 1.54) is 17.4 Å². The fraction of sp³-hybridized carbons (Fsp3) is 0.154. The standard InChI is InChI=1S/C13H8BrF3OS/c1-7-4-5-19-12(7)11(18)9-6-8(13(15,16)17)2-3-10(9)14/h2-6H,1H3. The van der Waals surface area contributed by atoms with Crippen LogP contribution in [0.15, 0.2) is 34.1 Å². The van der Waals surface area contributed by atoms with Gasteiger partial charge >= 0.3 is 6.18 Å². The van der Waals surface area contributed by atoms with Gasteiger partial charge in [-0.1, -0.05) is 15.9 Å². The van der Waals surface area contributed by atoms with Crippen LogP contribution in [-0.2, 0) is 6.18 Å². The molecular formula is C13H8BrF3OS. The zero-order valence-corrected chi connectivity index (χ0v) is 12.1. The van der Waals surface area contributed by atoms with Crippen LogP contribution in [0.3, 0.4) is 0 Å². The van der Waals surface area contributed by atoms with Crippen molar-refractivity contribution in [1.29, 1.82) is 0 Å². The highest BCUT2D eigenvalue weighted by Gasteiger charge is 2.31. The molecule has 0 saturated heterocycles. The molecule has 0 aliphatic rings. The van der Waals surface area contributed by atoms with E-state index in [9.17, 15) is 18.0 Å². The largest absolute Gasteiger partial charge is 0.416 e. The Morgan fingerprint density at radius 2 is 1.95 bits per heavy atom. The van der Waals surface area contributed by atoms with E-state index in [-0.39, 0.29) is 5.56 Å². The molecule has 2 aromatic rings. The second kappa shape index (κ2) is 5.09. The van der Waals surface area contributed by atoms with Crippen molar-refractivity contribution in [3.63, 3.8) is 0 Å². The SMILES string of the molecule is Cc1ccsc1C(=O)c1cc(C(F)(F)F)ccc1Br. The number of hydrogen-bond donors (Lipinski definition) is 0. The van der Waals surface area contributed by atoms with E-state index >= 15 is 0 Å². The molecule has 0 amide bonds. The van der Waals surface area contributed by atoms with Crippen LogP contribution in [0.25, 0.3) is 0 Å². The van der Waals surface area contributed by atoms with Gasteiger partial charge in [-0.2, -0.15) is 13.2 Å². The highest BCUT2D eigenvalue weighted by atomic mass is 79.9. The van der Waals surface area contributed by atoms with E-state index in [1.54, 1.807) is 18.4 Å². The molecule has 0 atom stereocenters. The number of benzene rings is 1. The van der Waals surface area contributed by atoms with E-state index < -0.39 is 17.5 Å². The van der Waals surface area contributed by atoms with Crippen LogP contribution in [0.5, 0.6) is 0 Å². The monoisotopic (exact) mass is 348 g/mol. The van der Waals surface area contributed by atoms with Crippen molar-refractivity contribution in [3.05, 3.63) is 55.7 Å². The minimum Gasteiger partial charge on any atom is -0.288 e. The Hall–Kier alpha value is -1.14. The number of carbonyl (C=O) groups excluding carboxylic acids is 1. The summed E-state index contributed by atoms with van der Waals surface area (Å²) in [5.41, 5.74) is -0.0343. The van der Waals surface area contributed by atoms with Gasteiger partial charge in [0.05, 0.1) is 10.4 Å². The van der Waals surface area contributed by atoms with Gasteiger partial charge in [0.1, 0.15) is 0 Å². The number of aryl methyl sites for hydroxylation is 1. The maximum Gasteiger partial charge on any atom is 0.416 e. The molecule has 1 heterocycles. The van der Waals surface area contributed by atoms with Crippen molar-refractivity contribution in [2.75, 3.05) is 0 Å². The molecule has 0 aliphatic carbocycles. The zero-order valence-electron chi connectivity index (χ0n) is 9.72. The van der Waals surface area contributed by atoms with E-state index in [2.05, 4.69) is 15.9 Å². The molecule has 0 fully saturated rings. The van der Waals surface area contributed by atoms with Gasteiger partial charge in [-0.15, -0.1) is 11.3 Å². The van der Waals surface area contributed by atoms with Crippen LogP contribution in [-0.4, -0.2) is 5.78 Å². The summed E-state index contributed by atoms with van der Waals surface area (Å²) < 4.78 is 38.3. The number of halogens is 4. The fourth-order valence-electron chi connectivity index (χ4n) is 1.60. The Balaban J connectivity index is 2.51. The van der Waals surface area contributed by atoms with Crippen molar-refractivity contribution in [2.24, 2.45) is 0 Å². The number of ketones is 1. The Labute approximate surface area is 120 Å². The summed E-state index contributed by atoms with van der Waals surface area (Å²) in [4.78, 5) is 12.7. The average molecular weight is 349 g/mol. The molecule has 0 aliphatic heterocycles. The van der Waals surface area contributed by atoms with Gasteiger partial charge in [-0.3, -0.25) is 4.79 Å². The van der Waals surface area contributed by atoms with E-state index in [1.807, 2.05) is 0 Å². The van der Waals surface area contributed by atoms with Crippen molar-refractivity contribution in [3.8, 4) is 0 Å². The second-order valence-corrected chi connectivity index (χ2v) is 5.72. The predicted octanol–water partition coefficient (Wildman–Crippen LogP) is 5.07. The van der Waals surface area contributed by atoms with Crippen LogP contribution in [0.2, 0.25) is 0 Å². The number of thiophene rings is 1. The van der Waals surface area contributed by atoms with Gasteiger partial charge < -0.3 is 0 Å². The number of rotatable bonds is 2. The molecule has 100 valence electrons. The normalized spacial score (nSPS) is 11.6. The second-order valence-electron chi connectivity index (χ2n) is 3.95. The van der Waals surface area contributed by atoms with E-state index in [0.29, 0.717) is 9.35 Å². The Morgan fingerprint density at radius 1 is 1.26 bits per heavy atom. The molecule has 0 spiro atoms. The third-order valence-electron chi connectivity index (χ3n) is 2.61. The van der Waals surface area contributed by atoms with Crippen molar-refractivity contribution >= 4 is 33.0 Å². The summed E-state index contributed by atoms with van der Waals surface area (Å²) in [6.07, 6.45) is -4.46. The third-order valence-corrected chi connectivity index (χ3v) is 4.31. The summed E-state index contributed by atoms with van der Waals surface area (Å²) in [6, 6.07) is 4.84. The van der Waals surface area contributed by atoms with Gasteiger partial charge in [0.25, 0.3) is 0 Å². The molecule has 1 nitrogen and oxygen atoms in total. The highest BCUT2D eigenvalue weighted by molar-refractivity contribution is 9.10. The predicted molar refractivity (Wildman–Crippen MR) is 71.6 cm³/mol. The quantitative estimate of drug-likeness (QED) is 0.692. The molecule has 0 saturated carbocycles. The van der Waals surface area contributed by atoms with Crippen LogP contribution in [0.1, 0.15) is 26.4 Å². The van der Waals surface area contributed by atoms with Gasteiger partial charge in [0, 0.05) is 10.0 Å². The summed E-state index contributed by atoms with van der Waals surface area (Å²) in [6.45, 7) is 1.76. The molecule has 1 aromatic carbocycles. The van der Waals surface area contributed by atoms with Crippen molar-refractivity contribution < 1.29 is 18.0 Å². The molecule has 0 radical (unpaired) electrons. The minimum absolute atomic E-state index is 0.0281. The Morgan fingerprint density at radius 3 is 2.47 bits per heavy atom. The molecule has 1 aromatic heterocycles. The zero-order chi connectivity index (χ0) is 14.2. The number of hydrogen-bond acceptors (Lipinski definition) is 2. The van der Waals surface area contributed by atoms with Crippen molar-refractivity contribution in [1.82, 2.24) is 0 Å². The molecule has 0 bridgehead atoms. The summed E-state index contributed by atoms with van der Waals surface area (Å²) in [7, 11) is 0. The van der Waals surface area contributed by atoms with Crippen LogP contribution in [0.4, 0.5) is 13.2 Å². The summed E-state index contributed by atoms with van der Waals surface area (Å²) in [5.74, 6) is -0.398. The first kappa shape index (κ1) is 14.3. The van der Waals surface area contributed by atoms with Gasteiger partial charge in [0.15, 0.2) is 0 Å². The first-order valence-electron chi connectivity index (χ1n) is 5.26. The van der Waals surface area contributed by atoms with Crippen molar-refractivity contribution in [2.45, 2.75) is 13.1 Å². The van der Waals surface area contributed by atoms with Crippen LogP contribution >= 0.6 is 27.3 Å². The molecule has 0 N–H and O–H groups in total. The van der Waals surface area contributed by atoms with Gasteiger partial charge in [0.2, 0.25) is 5.78 Å². The number of carbonyl (C=O) groups is 1. The third kappa shape index (κ3) is 2.90. The van der Waals surface area contributed by atoms with Gasteiger partial charge in [-0.05, 0) is 42.1 Å². The van der Waals surface area contributed by atoms with Crippen LogP contribution in [0, 0.1) is 6.92 Å². The smallest absolute Gasteiger partial charge is 0.288 e. The number of alkyl halides is 3. The lowest BCUT2D eigenvalue weighted by Gasteiger charge is -2.09. The van der Waals surface area contributed by atoms with E-state index in [0.717, 1.165) is 17.7 Å². The molecule has 0 unspecified atom stereocenters. The molecule has 19 heavy (non-hydrogen) atoms. The Kier molecular flexibility index (Phi) is 3.82. The molecule has 2 rings (SSSR count). The Bertz CT molecular complexity index is 631. The molecule has 6 heteroatoms. The summed E-state index contributed by atoms with van der Waals surface area (Å²) >= 11 is 4.35. The fourth-order valence-corrected chi connectivity index (χ4v) is 2.91. The highest BCUT2D eigenvalue weighted by Crippen LogP contribution is 2.33. The summed E-state index contributed by atoms with van der Waals surface area (Å²) in [5, 5.41) is 1.74. The van der Waals surface area contributed by atoms with Gasteiger partial charge in [-0.25, -0.2) is 0 Å². The lowest BCUT2D eigenvalue weighted by molar-refractivity contribution is -0.137. The first-order valence-corrected chi connectivity index (χ1v) is 6.93. The topological polar surface area (TPSA) is 17.1 Å². The van der Waals surface area contributed by atoms with Crippen LogP contribution < -0.4 is 0 Å². The maximum absolute atomic E-state index is 12.7. The lowest BCUT2D eigenvalue weighted by Crippen LogP contribution is -2.08. The maximum atomic E-state index is 12.7. The molecular weight excluding hydrogens is 341 g/mol. The van der Waals surface area contributed by atoms with E-state index in [4.69, 9.17) is 0 Å².